The first kappa shape index (κ1) is 17.9. The van der Waals surface area contributed by atoms with Gasteiger partial charge in [0, 0.05) is 23.1 Å². The number of rotatable bonds is 6. The number of nitrogens with zero attached hydrogens (tertiary/aromatic N) is 2. The fourth-order valence-corrected chi connectivity index (χ4v) is 3.39. The lowest BCUT2D eigenvalue weighted by Crippen LogP contribution is -2.14. The maximum atomic E-state index is 13.4. The second-order valence-corrected chi connectivity index (χ2v) is 6.31. The van der Waals surface area contributed by atoms with E-state index in [0.717, 1.165) is 41.1 Å². The van der Waals surface area contributed by atoms with E-state index in [2.05, 4.69) is 16.5 Å². The number of amides is 1. The first-order valence-corrected chi connectivity index (χ1v) is 8.70. The minimum Gasteiger partial charge on any atom is -0.366 e. The molecule has 2 heterocycles. The molecule has 0 saturated heterocycles. The molecule has 134 valence electrons. The van der Waals surface area contributed by atoms with E-state index >= 15 is 0 Å². The smallest absolute Gasteiger partial charge is 0.251 e. The van der Waals surface area contributed by atoms with Gasteiger partial charge < -0.3 is 10.3 Å². The number of primary amides is 1. The molecule has 0 bridgehead atoms. The second-order valence-electron chi connectivity index (χ2n) is 6.31. The van der Waals surface area contributed by atoms with E-state index in [0.29, 0.717) is 12.1 Å². The Balaban J connectivity index is 2.22. The third-order valence-electron chi connectivity index (χ3n) is 4.54. The van der Waals surface area contributed by atoms with Crippen molar-refractivity contribution < 1.29 is 9.18 Å². The molecule has 2 aromatic heterocycles. The van der Waals surface area contributed by atoms with Gasteiger partial charge in [0.25, 0.3) is 5.91 Å². The van der Waals surface area contributed by atoms with E-state index < -0.39 is 5.91 Å². The first-order valence-electron chi connectivity index (χ1n) is 8.70. The molecule has 1 amide bonds. The minimum atomic E-state index is -0.473. The molecule has 0 aliphatic rings. The van der Waals surface area contributed by atoms with Gasteiger partial charge in [-0.3, -0.25) is 9.78 Å². The van der Waals surface area contributed by atoms with Crippen LogP contribution < -0.4 is 5.73 Å². The van der Waals surface area contributed by atoms with Crippen molar-refractivity contribution in [2.24, 2.45) is 5.73 Å². The predicted octanol–water partition coefficient (Wildman–Crippen LogP) is 4.10. The van der Waals surface area contributed by atoms with E-state index in [1.54, 1.807) is 18.3 Å². The molecule has 5 heteroatoms. The number of hydrogen-bond acceptors (Lipinski definition) is 2. The largest absolute Gasteiger partial charge is 0.366 e. The predicted molar refractivity (Wildman–Crippen MR) is 100 cm³/mol. The summed E-state index contributed by atoms with van der Waals surface area (Å²) in [4.78, 5) is 16.6. The summed E-state index contributed by atoms with van der Waals surface area (Å²) in [5, 5.41) is 0. The van der Waals surface area contributed by atoms with Crippen LogP contribution in [-0.2, 0) is 13.0 Å². The van der Waals surface area contributed by atoms with E-state index in [1.807, 2.05) is 25.1 Å². The Bertz CT molecular complexity index is 915. The van der Waals surface area contributed by atoms with Gasteiger partial charge in [-0.25, -0.2) is 4.39 Å². The Hall–Kier alpha value is -2.95. The lowest BCUT2D eigenvalue weighted by atomic mass is 9.98. The monoisotopic (exact) mass is 351 g/mol. The molecule has 3 aromatic rings. The number of carbonyl (C=O) groups is 1. The maximum absolute atomic E-state index is 13.4. The van der Waals surface area contributed by atoms with Crippen LogP contribution in [0.25, 0.3) is 11.1 Å². The van der Waals surface area contributed by atoms with Gasteiger partial charge in [0.2, 0.25) is 0 Å². The normalized spacial score (nSPS) is 10.9. The molecular weight excluding hydrogens is 329 g/mol. The van der Waals surface area contributed by atoms with Crippen LogP contribution in [0.4, 0.5) is 4.39 Å². The Morgan fingerprint density at radius 2 is 1.92 bits per heavy atom. The van der Waals surface area contributed by atoms with Gasteiger partial charge in [-0.1, -0.05) is 31.5 Å². The van der Waals surface area contributed by atoms with Crippen molar-refractivity contribution in [3.8, 4) is 11.1 Å². The average Bonchev–Trinajstić information content (AvgIpc) is 2.90. The quantitative estimate of drug-likeness (QED) is 0.727. The number of carbonyl (C=O) groups excluding carboxylic acids is 1. The van der Waals surface area contributed by atoms with Crippen LogP contribution in [0.2, 0.25) is 0 Å². The molecule has 0 aliphatic heterocycles. The zero-order valence-corrected chi connectivity index (χ0v) is 15.0. The van der Waals surface area contributed by atoms with Gasteiger partial charge in [-0.05, 0) is 43.2 Å². The van der Waals surface area contributed by atoms with Crippen molar-refractivity contribution >= 4 is 5.91 Å². The summed E-state index contributed by atoms with van der Waals surface area (Å²) < 4.78 is 15.5. The van der Waals surface area contributed by atoms with E-state index in [-0.39, 0.29) is 5.82 Å². The molecule has 0 radical (unpaired) electrons. The van der Waals surface area contributed by atoms with Crippen molar-refractivity contribution in [1.82, 2.24) is 9.55 Å². The van der Waals surface area contributed by atoms with E-state index in [9.17, 15) is 9.18 Å². The number of nitrogens with two attached hydrogens (primary N) is 1. The highest BCUT2D eigenvalue weighted by Gasteiger charge is 2.24. The number of hydrogen-bond donors (Lipinski definition) is 1. The Morgan fingerprint density at radius 3 is 2.50 bits per heavy atom. The SMILES string of the molecule is CCCc1c(-c2ccc(F)cc2)c(C(N)=O)c(C)n1Cc1ccccn1. The van der Waals surface area contributed by atoms with Gasteiger partial charge in [0.1, 0.15) is 5.82 Å². The lowest BCUT2D eigenvalue weighted by molar-refractivity contribution is 0.1000. The minimum absolute atomic E-state index is 0.309. The van der Waals surface area contributed by atoms with Crippen molar-refractivity contribution in [2.45, 2.75) is 33.2 Å². The standard InChI is InChI=1S/C21H22FN3O/c1-3-6-18-20(15-8-10-16(22)11-9-15)19(21(23)26)14(2)25(18)13-17-7-4-5-12-24-17/h4-5,7-12H,3,6,13H2,1-2H3,(H2,23,26). The first-order chi connectivity index (χ1) is 12.5. The molecule has 4 nitrogen and oxygen atoms in total. The van der Waals surface area contributed by atoms with Crippen molar-refractivity contribution in [3.63, 3.8) is 0 Å². The zero-order valence-electron chi connectivity index (χ0n) is 15.0. The highest BCUT2D eigenvalue weighted by molar-refractivity contribution is 6.02. The van der Waals surface area contributed by atoms with Crippen LogP contribution in [0.5, 0.6) is 0 Å². The Morgan fingerprint density at radius 1 is 1.19 bits per heavy atom. The van der Waals surface area contributed by atoms with Gasteiger partial charge in [-0.2, -0.15) is 0 Å². The Kier molecular flexibility index (Phi) is 5.16. The molecule has 26 heavy (non-hydrogen) atoms. The summed E-state index contributed by atoms with van der Waals surface area (Å²) in [5.74, 6) is -0.782. The molecule has 0 saturated carbocycles. The van der Waals surface area contributed by atoms with Crippen LogP contribution in [0, 0.1) is 12.7 Å². The van der Waals surface area contributed by atoms with Crippen molar-refractivity contribution in [1.29, 1.82) is 0 Å². The molecule has 2 N–H and O–H groups in total. The Labute approximate surface area is 152 Å². The van der Waals surface area contributed by atoms with Gasteiger partial charge >= 0.3 is 0 Å². The summed E-state index contributed by atoms with van der Waals surface area (Å²) in [6, 6.07) is 12.0. The molecule has 0 aliphatic carbocycles. The molecule has 0 atom stereocenters. The fourth-order valence-electron chi connectivity index (χ4n) is 3.39. The third kappa shape index (κ3) is 3.38. The molecular formula is C21H22FN3O. The number of halogens is 1. The second kappa shape index (κ2) is 7.52. The zero-order chi connectivity index (χ0) is 18.7. The highest BCUT2D eigenvalue weighted by atomic mass is 19.1. The average molecular weight is 351 g/mol. The van der Waals surface area contributed by atoms with Crippen LogP contribution in [0.1, 0.15) is 40.8 Å². The molecule has 0 unspecified atom stereocenters. The van der Waals surface area contributed by atoms with Crippen LogP contribution in [-0.4, -0.2) is 15.5 Å². The summed E-state index contributed by atoms with van der Waals surface area (Å²) in [7, 11) is 0. The molecule has 0 spiro atoms. The molecule has 0 fully saturated rings. The van der Waals surface area contributed by atoms with E-state index in [4.69, 9.17) is 5.73 Å². The lowest BCUT2D eigenvalue weighted by Gasteiger charge is -2.12. The summed E-state index contributed by atoms with van der Waals surface area (Å²) >= 11 is 0. The summed E-state index contributed by atoms with van der Waals surface area (Å²) in [6.45, 7) is 4.55. The van der Waals surface area contributed by atoms with E-state index in [1.165, 1.54) is 12.1 Å². The number of pyridine rings is 1. The third-order valence-corrected chi connectivity index (χ3v) is 4.54. The van der Waals surface area contributed by atoms with Crippen molar-refractivity contribution in [3.05, 3.63) is 77.1 Å². The van der Waals surface area contributed by atoms with Gasteiger partial charge in [0.15, 0.2) is 0 Å². The number of benzene rings is 1. The molecule has 3 rings (SSSR count). The summed E-state index contributed by atoms with van der Waals surface area (Å²) in [6.07, 6.45) is 3.45. The maximum Gasteiger partial charge on any atom is 0.251 e. The van der Waals surface area contributed by atoms with Gasteiger partial charge in [0.05, 0.1) is 17.8 Å². The number of aromatic nitrogens is 2. The van der Waals surface area contributed by atoms with Crippen LogP contribution in [0.3, 0.4) is 0 Å². The van der Waals surface area contributed by atoms with Crippen LogP contribution in [0.15, 0.2) is 48.7 Å². The molecule has 1 aromatic carbocycles. The fraction of sp³-hybridized carbons (Fsp3) is 0.238. The van der Waals surface area contributed by atoms with Crippen LogP contribution >= 0.6 is 0 Å². The topological polar surface area (TPSA) is 60.9 Å². The van der Waals surface area contributed by atoms with Gasteiger partial charge in [-0.15, -0.1) is 0 Å². The summed E-state index contributed by atoms with van der Waals surface area (Å²) in [5.41, 5.74) is 10.5. The highest BCUT2D eigenvalue weighted by Crippen LogP contribution is 2.34. The van der Waals surface area contributed by atoms with Crippen molar-refractivity contribution in [2.75, 3.05) is 0 Å².